The lowest BCUT2D eigenvalue weighted by molar-refractivity contribution is -0.130. The number of hydrogen-bond donors (Lipinski definition) is 0. The molecule has 0 aromatic carbocycles. The zero-order chi connectivity index (χ0) is 11.1. The van der Waals surface area contributed by atoms with Crippen molar-refractivity contribution >= 4 is 5.91 Å². The van der Waals surface area contributed by atoms with E-state index in [0.717, 1.165) is 6.42 Å². The zero-order valence-corrected chi connectivity index (χ0v) is 9.59. The van der Waals surface area contributed by atoms with Crippen LogP contribution in [0.5, 0.6) is 0 Å². The maximum absolute atomic E-state index is 11.7. The van der Waals surface area contributed by atoms with Crippen molar-refractivity contribution < 1.29 is 4.79 Å². The molecule has 0 aliphatic heterocycles. The van der Waals surface area contributed by atoms with Gasteiger partial charge in [0.25, 0.3) is 0 Å². The molecule has 3 heteroatoms. The molecule has 1 saturated carbocycles. The van der Waals surface area contributed by atoms with Gasteiger partial charge in [-0.05, 0) is 0 Å². The average Bonchev–Trinajstić information content (AvgIpc) is 2.76. The minimum Gasteiger partial charge on any atom is -0.348 e. The van der Waals surface area contributed by atoms with Crippen LogP contribution in [-0.4, -0.2) is 30.4 Å². The maximum atomic E-state index is 11.7. The summed E-state index contributed by atoms with van der Waals surface area (Å²) >= 11 is 0. The van der Waals surface area contributed by atoms with Gasteiger partial charge in [0.2, 0.25) is 11.4 Å². The van der Waals surface area contributed by atoms with Crippen LogP contribution in [0.4, 0.5) is 0 Å². The lowest BCUT2D eigenvalue weighted by Gasteiger charge is -2.21. The van der Waals surface area contributed by atoms with E-state index in [9.17, 15) is 4.79 Å². The fourth-order valence-electron chi connectivity index (χ4n) is 1.98. The second kappa shape index (κ2) is 2.98. The van der Waals surface area contributed by atoms with Gasteiger partial charge in [-0.2, -0.15) is 0 Å². The second-order valence-electron chi connectivity index (χ2n) is 5.28. The average molecular weight is 194 g/mol. The van der Waals surface area contributed by atoms with E-state index in [4.69, 9.17) is 6.57 Å². The molecule has 2 atom stereocenters. The van der Waals surface area contributed by atoms with Gasteiger partial charge in [-0.1, -0.05) is 20.8 Å². The molecular formula is C11H18N2O. The molecule has 0 spiro atoms. The third-order valence-electron chi connectivity index (χ3n) is 3.17. The third-order valence-corrected chi connectivity index (χ3v) is 3.17. The maximum Gasteiger partial charge on any atom is 0.250 e. The van der Waals surface area contributed by atoms with Crippen LogP contribution in [0.2, 0.25) is 0 Å². The highest BCUT2D eigenvalue weighted by Gasteiger charge is 2.72. The number of nitrogens with zero attached hydrogens (tertiary/aromatic N) is 2. The molecule has 0 heterocycles. The van der Waals surface area contributed by atoms with E-state index in [2.05, 4.69) is 4.85 Å². The molecule has 0 N–H and O–H groups in total. The molecular weight excluding hydrogens is 176 g/mol. The van der Waals surface area contributed by atoms with E-state index in [0.29, 0.717) is 0 Å². The minimum absolute atomic E-state index is 0.0880. The molecule has 78 valence electrons. The summed E-state index contributed by atoms with van der Waals surface area (Å²) in [6.07, 6.45) is 0.719. The van der Waals surface area contributed by atoms with Gasteiger partial charge in [-0.25, -0.2) is 6.57 Å². The molecule has 1 fully saturated rings. The fourth-order valence-corrected chi connectivity index (χ4v) is 1.98. The van der Waals surface area contributed by atoms with Crippen LogP contribution in [0.15, 0.2) is 0 Å². The van der Waals surface area contributed by atoms with Crippen LogP contribution in [0, 0.1) is 17.9 Å². The highest BCUT2D eigenvalue weighted by Crippen LogP contribution is 2.58. The molecule has 1 aliphatic rings. The van der Waals surface area contributed by atoms with Crippen molar-refractivity contribution in [2.24, 2.45) is 11.3 Å². The molecule has 1 amide bonds. The first-order valence-electron chi connectivity index (χ1n) is 4.86. The summed E-state index contributed by atoms with van der Waals surface area (Å²) in [5.74, 6) is 0.00549. The van der Waals surface area contributed by atoms with Crippen molar-refractivity contribution in [3.8, 4) is 0 Å². The largest absolute Gasteiger partial charge is 0.348 e. The first-order valence-corrected chi connectivity index (χ1v) is 4.86. The van der Waals surface area contributed by atoms with Crippen LogP contribution in [-0.2, 0) is 4.79 Å². The van der Waals surface area contributed by atoms with E-state index in [1.807, 2.05) is 20.8 Å². The van der Waals surface area contributed by atoms with E-state index < -0.39 is 5.54 Å². The third kappa shape index (κ3) is 1.39. The summed E-state index contributed by atoms with van der Waals surface area (Å²) in [4.78, 5) is 17.0. The number of amides is 1. The van der Waals surface area contributed by atoms with Gasteiger partial charge in [0.1, 0.15) is 5.92 Å². The highest BCUT2D eigenvalue weighted by molar-refractivity contribution is 5.84. The number of carbonyl (C=O) groups is 1. The van der Waals surface area contributed by atoms with Crippen LogP contribution >= 0.6 is 0 Å². The van der Waals surface area contributed by atoms with E-state index >= 15 is 0 Å². The monoisotopic (exact) mass is 194 g/mol. The topological polar surface area (TPSA) is 24.7 Å². The Kier molecular flexibility index (Phi) is 2.35. The smallest absolute Gasteiger partial charge is 0.250 e. The normalized spacial score (nSPS) is 30.7. The Hall–Kier alpha value is -1.04. The molecule has 1 rings (SSSR count). The Morgan fingerprint density at radius 1 is 1.50 bits per heavy atom. The fraction of sp³-hybridized carbons (Fsp3) is 0.818. The van der Waals surface area contributed by atoms with Gasteiger partial charge in [0, 0.05) is 25.9 Å². The molecule has 0 bridgehead atoms. The summed E-state index contributed by atoms with van der Waals surface area (Å²) in [6.45, 7) is 13.3. The molecule has 0 unspecified atom stereocenters. The Labute approximate surface area is 85.9 Å². The molecule has 3 nitrogen and oxygen atoms in total. The van der Waals surface area contributed by atoms with Crippen molar-refractivity contribution in [3.63, 3.8) is 0 Å². The summed E-state index contributed by atoms with van der Waals surface area (Å²) in [5, 5.41) is 0. The van der Waals surface area contributed by atoms with Crippen molar-refractivity contribution in [2.45, 2.75) is 32.7 Å². The van der Waals surface area contributed by atoms with Crippen LogP contribution in [0.25, 0.3) is 4.85 Å². The van der Waals surface area contributed by atoms with Crippen LogP contribution in [0.1, 0.15) is 27.2 Å². The van der Waals surface area contributed by atoms with E-state index in [1.54, 1.807) is 19.0 Å². The number of carbonyl (C=O) groups excluding carboxylic acids is 1. The van der Waals surface area contributed by atoms with E-state index in [-0.39, 0.29) is 17.2 Å². The van der Waals surface area contributed by atoms with Gasteiger partial charge in [-0.15, -0.1) is 0 Å². The van der Waals surface area contributed by atoms with E-state index in [1.165, 1.54) is 0 Å². The Balaban J connectivity index is 2.85. The molecule has 0 radical (unpaired) electrons. The van der Waals surface area contributed by atoms with Crippen molar-refractivity contribution in [3.05, 3.63) is 11.4 Å². The van der Waals surface area contributed by atoms with Gasteiger partial charge in [0.15, 0.2) is 0 Å². The van der Waals surface area contributed by atoms with Crippen LogP contribution in [0.3, 0.4) is 0 Å². The standard InChI is InChI=1S/C11H18N2O/c1-10(2,3)11(12-4)7-8(11)9(14)13(5)6/h8H,7H2,1-3,5-6H3/t8-,11-/m0/s1. The van der Waals surface area contributed by atoms with Gasteiger partial charge < -0.3 is 9.74 Å². The number of rotatable bonds is 1. The molecule has 1 aliphatic carbocycles. The molecule has 0 saturated heterocycles. The SMILES string of the molecule is [C-]#[N+][C@@]1(C(C)(C)C)C[C@H]1C(=O)N(C)C. The second-order valence-corrected chi connectivity index (χ2v) is 5.28. The lowest BCUT2D eigenvalue weighted by Crippen LogP contribution is -2.33. The first kappa shape index (κ1) is 11.0. The van der Waals surface area contributed by atoms with Crippen molar-refractivity contribution in [1.29, 1.82) is 0 Å². The van der Waals surface area contributed by atoms with Crippen molar-refractivity contribution in [2.75, 3.05) is 14.1 Å². The van der Waals surface area contributed by atoms with Gasteiger partial charge in [0.05, 0.1) is 0 Å². The van der Waals surface area contributed by atoms with Gasteiger partial charge >= 0.3 is 0 Å². The summed E-state index contributed by atoms with van der Waals surface area (Å²) in [6, 6.07) is 0. The number of hydrogen-bond acceptors (Lipinski definition) is 1. The van der Waals surface area contributed by atoms with Crippen LogP contribution < -0.4 is 0 Å². The Morgan fingerprint density at radius 2 is 2.00 bits per heavy atom. The summed E-state index contributed by atoms with van der Waals surface area (Å²) in [5.41, 5.74) is -0.556. The van der Waals surface area contributed by atoms with Gasteiger partial charge in [-0.3, -0.25) is 4.79 Å². The molecule has 0 aromatic rings. The Bertz CT molecular complexity index is 295. The predicted molar refractivity (Wildman–Crippen MR) is 55.6 cm³/mol. The summed E-state index contributed by atoms with van der Waals surface area (Å²) in [7, 11) is 3.50. The summed E-state index contributed by atoms with van der Waals surface area (Å²) < 4.78 is 0. The highest BCUT2D eigenvalue weighted by atomic mass is 16.2. The quantitative estimate of drug-likeness (QED) is 0.584. The lowest BCUT2D eigenvalue weighted by atomic mass is 9.83. The predicted octanol–water partition coefficient (Wildman–Crippen LogP) is 1.80. The molecule has 14 heavy (non-hydrogen) atoms. The minimum atomic E-state index is -0.450. The zero-order valence-electron chi connectivity index (χ0n) is 9.59. The van der Waals surface area contributed by atoms with Crippen molar-refractivity contribution in [1.82, 2.24) is 4.90 Å². The first-order chi connectivity index (χ1) is 6.26. The Morgan fingerprint density at radius 3 is 2.21 bits per heavy atom. The molecule has 0 aromatic heterocycles.